The zero-order valence-electron chi connectivity index (χ0n) is 18.6. The monoisotopic (exact) mass is 449 g/mol. The van der Waals surface area contributed by atoms with Gasteiger partial charge >= 0.3 is 10.4 Å². The van der Waals surface area contributed by atoms with Crippen LogP contribution in [-0.2, 0) is 19.4 Å². The Morgan fingerprint density at radius 1 is 1.00 bits per heavy atom. The van der Waals surface area contributed by atoms with Crippen molar-refractivity contribution in [2.24, 2.45) is 34.5 Å². The first-order valence-electron chi connectivity index (χ1n) is 11.7. The number of pyridine rings is 1. The van der Waals surface area contributed by atoms with Gasteiger partial charge in [0.05, 0.1) is 6.10 Å². The molecule has 4 aliphatic carbocycles. The number of hydrogen-bond acceptors (Lipinski definition) is 5. The lowest BCUT2D eigenvalue weighted by Gasteiger charge is -2.60. The van der Waals surface area contributed by atoms with E-state index in [2.05, 4.69) is 18.8 Å². The van der Waals surface area contributed by atoms with E-state index in [4.69, 9.17) is 8.74 Å². The smallest absolute Gasteiger partial charge is 0.299 e. The average molecular weight is 450 g/mol. The highest BCUT2D eigenvalue weighted by atomic mass is 32.3. The zero-order chi connectivity index (χ0) is 22.3. The maximum atomic E-state index is 12.4. The summed E-state index contributed by atoms with van der Waals surface area (Å²) in [6.45, 7) is 4.59. The topological polar surface area (TPSA) is 93.6 Å². The maximum absolute atomic E-state index is 12.4. The van der Waals surface area contributed by atoms with Gasteiger partial charge in [-0.25, -0.2) is 4.18 Å². The fourth-order valence-electron chi connectivity index (χ4n) is 7.56. The van der Waals surface area contributed by atoms with Crippen LogP contribution in [0.15, 0.2) is 30.6 Å². The summed E-state index contributed by atoms with van der Waals surface area (Å²) in [5.74, 6) is 2.76. The van der Waals surface area contributed by atoms with Crippen LogP contribution in [0.5, 0.6) is 0 Å². The molecule has 1 heterocycles. The molecule has 1 aromatic heterocycles. The van der Waals surface area contributed by atoms with Crippen LogP contribution in [0.3, 0.4) is 0 Å². The molecule has 0 saturated heterocycles. The first kappa shape index (κ1) is 22.9. The van der Waals surface area contributed by atoms with E-state index in [1.54, 1.807) is 12.4 Å². The van der Waals surface area contributed by atoms with Crippen LogP contribution in [0.2, 0.25) is 0 Å². The van der Waals surface area contributed by atoms with E-state index in [1.165, 1.54) is 0 Å². The number of Topliss-reactive ketones (excluding diaryl/α,β-unsaturated/α-hetero) is 1. The Morgan fingerprint density at radius 2 is 1.74 bits per heavy atom. The van der Waals surface area contributed by atoms with Gasteiger partial charge in [-0.15, -0.1) is 0 Å². The molecule has 1 aromatic rings. The lowest BCUT2D eigenvalue weighted by atomic mass is 9.45. The first-order valence-corrected chi connectivity index (χ1v) is 13.0. The molecule has 5 rings (SSSR count). The van der Waals surface area contributed by atoms with E-state index in [1.807, 2.05) is 18.2 Å². The molecule has 6 nitrogen and oxygen atoms in total. The molecule has 0 aromatic carbocycles. The molecular weight excluding hydrogens is 414 g/mol. The molecule has 7 heteroatoms. The average Bonchev–Trinajstić information content (AvgIpc) is 3.04. The Labute approximate surface area is 186 Å². The van der Waals surface area contributed by atoms with Crippen molar-refractivity contribution in [1.29, 1.82) is 0 Å². The normalized spacial score (nSPS) is 41.9. The van der Waals surface area contributed by atoms with Crippen LogP contribution in [0.25, 0.3) is 0 Å². The molecule has 0 spiro atoms. The van der Waals surface area contributed by atoms with Crippen LogP contribution < -0.4 is 0 Å². The van der Waals surface area contributed by atoms with Gasteiger partial charge in [0.1, 0.15) is 5.78 Å². The Bertz CT molecular complexity index is 864. The number of ketones is 1. The third kappa shape index (κ3) is 4.46. The van der Waals surface area contributed by atoms with Gasteiger partial charge in [0, 0.05) is 24.2 Å². The summed E-state index contributed by atoms with van der Waals surface area (Å²) in [6, 6.07) is 5.72. The number of rotatable bonds is 2. The Hall–Kier alpha value is -1.31. The summed E-state index contributed by atoms with van der Waals surface area (Å²) in [4.78, 5) is 16.2. The summed E-state index contributed by atoms with van der Waals surface area (Å²) in [6.07, 6.45) is 11.7. The number of carbonyl (C=O) groups is 1. The van der Waals surface area contributed by atoms with Crippen LogP contribution in [0.1, 0.15) is 71.6 Å². The van der Waals surface area contributed by atoms with Crippen molar-refractivity contribution in [3.8, 4) is 0 Å². The fraction of sp³-hybridized carbons (Fsp3) is 0.750. The third-order valence-corrected chi connectivity index (χ3v) is 9.67. The molecule has 4 saturated carbocycles. The summed E-state index contributed by atoms with van der Waals surface area (Å²) < 4.78 is 36.0. The van der Waals surface area contributed by atoms with E-state index in [9.17, 15) is 13.2 Å². The van der Waals surface area contributed by atoms with Crippen molar-refractivity contribution in [2.75, 3.05) is 0 Å². The number of fused-ring (bicyclic) bond motifs is 5. The van der Waals surface area contributed by atoms with Crippen LogP contribution in [-0.4, -0.2) is 29.8 Å². The van der Waals surface area contributed by atoms with Gasteiger partial charge in [0.15, 0.2) is 0 Å². The van der Waals surface area contributed by atoms with E-state index in [-0.39, 0.29) is 16.9 Å². The molecule has 1 N–H and O–H groups in total. The second-order valence-electron chi connectivity index (χ2n) is 10.5. The molecule has 0 aliphatic heterocycles. The molecule has 4 fully saturated rings. The van der Waals surface area contributed by atoms with Gasteiger partial charge in [-0.05, 0) is 92.6 Å². The first-order chi connectivity index (χ1) is 14.6. The summed E-state index contributed by atoms with van der Waals surface area (Å²) >= 11 is 0. The van der Waals surface area contributed by atoms with Crippen molar-refractivity contribution in [3.05, 3.63) is 30.6 Å². The van der Waals surface area contributed by atoms with Crippen LogP contribution in [0.4, 0.5) is 0 Å². The molecular formula is C24H35NO5S. The minimum Gasteiger partial charge on any atom is -0.299 e. The summed E-state index contributed by atoms with van der Waals surface area (Å²) in [7, 11) is -4.37. The van der Waals surface area contributed by atoms with Gasteiger partial charge in [-0.2, -0.15) is 8.42 Å². The van der Waals surface area contributed by atoms with Crippen LogP contribution in [0, 0.1) is 34.5 Å². The SMILES string of the molecule is C[C@]12CC[C@@H](OS(=O)(=O)O)C[C@@H]1CC[C@@H]1[C@@H]2CC[C@]2(C)C(=O)CC[C@@H]12.c1ccncc1. The number of carbonyl (C=O) groups excluding carboxylic acids is 1. The van der Waals surface area contributed by atoms with E-state index >= 15 is 0 Å². The Balaban J connectivity index is 0.000000334. The number of nitrogens with zero attached hydrogens (tertiary/aromatic N) is 1. The van der Waals surface area contributed by atoms with Gasteiger partial charge < -0.3 is 0 Å². The van der Waals surface area contributed by atoms with Gasteiger partial charge in [0.25, 0.3) is 0 Å². The Kier molecular flexibility index (Phi) is 6.32. The third-order valence-electron chi connectivity index (χ3n) is 9.15. The molecule has 4 aliphatic rings. The van der Waals surface area contributed by atoms with Gasteiger partial charge in [-0.3, -0.25) is 14.3 Å². The highest BCUT2D eigenvalue weighted by Gasteiger charge is 2.60. The molecule has 172 valence electrons. The fourth-order valence-corrected chi connectivity index (χ4v) is 8.08. The number of hydrogen-bond donors (Lipinski definition) is 1. The minimum atomic E-state index is -4.37. The highest BCUT2D eigenvalue weighted by Crippen LogP contribution is 2.65. The standard InChI is InChI=1S/C19H30O5S.C5H5N/c1-18-9-7-13(24-25(21,22)23)11-12(18)3-4-14-15-5-6-17(20)19(15,2)10-8-16(14)18;1-2-4-6-5-3-1/h12-16H,3-11H2,1-2H3,(H,21,22,23);1-5H/t12-,13+,14-,15-,16-,18-,19-;/m0./s1. The van der Waals surface area contributed by atoms with Gasteiger partial charge in [-0.1, -0.05) is 19.9 Å². The molecule has 0 unspecified atom stereocenters. The summed E-state index contributed by atoms with van der Waals surface area (Å²) in [5, 5.41) is 0. The van der Waals surface area contributed by atoms with Crippen molar-refractivity contribution in [1.82, 2.24) is 4.98 Å². The van der Waals surface area contributed by atoms with E-state index in [0.717, 1.165) is 51.4 Å². The maximum Gasteiger partial charge on any atom is 0.397 e. The second-order valence-corrected chi connectivity index (χ2v) is 11.6. The zero-order valence-corrected chi connectivity index (χ0v) is 19.4. The molecule has 31 heavy (non-hydrogen) atoms. The molecule has 0 bridgehead atoms. The van der Waals surface area contributed by atoms with Gasteiger partial charge in [0.2, 0.25) is 0 Å². The lowest BCUT2D eigenvalue weighted by Crippen LogP contribution is -2.54. The molecule has 0 radical (unpaired) electrons. The van der Waals surface area contributed by atoms with Crippen molar-refractivity contribution in [2.45, 2.75) is 77.7 Å². The lowest BCUT2D eigenvalue weighted by molar-refractivity contribution is -0.141. The van der Waals surface area contributed by atoms with Crippen molar-refractivity contribution >= 4 is 16.2 Å². The minimum absolute atomic E-state index is 0.0877. The van der Waals surface area contributed by atoms with Crippen LogP contribution >= 0.6 is 0 Å². The molecule has 0 amide bonds. The highest BCUT2D eigenvalue weighted by molar-refractivity contribution is 7.80. The largest absolute Gasteiger partial charge is 0.397 e. The second kappa shape index (κ2) is 8.56. The molecule has 7 atom stereocenters. The predicted molar refractivity (Wildman–Crippen MR) is 117 cm³/mol. The van der Waals surface area contributed by atoms with Crippen molar-refractivity contribution < 1.29 is 21.9 Å². The van der Waals surface area contributed by atoms with Crippen molar-refractivity contribution in [3.63, 3.8) is 0 Å². The number of aromatic nitrogens is 1. The quantitative estimate of drug-likeness (QED) is 0.648. The van der Waals surface area contributed by atoms with E-state index < -0.39 is 10.4 Å². The predicted octanol–water partition coefficient (Wildman–Crippen LogP) is 4.87. The Morgan fingerprint density at radius 3 is 2.35 bits per heavy atom. The summed E-state index contributed by atoms with van der Waals surface area (Å²) in [5.41, 5.74) is 0.130. The van der Waals surface area contributed by atoms with E-state index in [0.29, 0.717) is 35.9 Å².